The first-order valence-corrected chi connectivity index (χ1v) is 5.07. The van der Waals surface area contributed by atoms with Gasteiger partial charge in [0.15, 0.2) is 0 Å². The molecule has 0 heterocycles. The average molecular weight is 210 g/mol. The molecule has 0 aromatic rings. The number of fused-ring (bicyclic) bond motifs is 2. The van der Waals surface area contributed by atoms with Crippen LogP contribution in [0.25, 0.3) is 0 Å². The second-order valence-corrected chi connectivity index (χ2v) is 4.01. The molecule has 0 amide bonds. The SMILES string of the molecule is COC(=O)C1=C2CCC(C2)C1C(=O)OC. The van der Waals surface area contributed by atoms with E-state index in [2.05, 4.69) is 0 Å². The van der Waals surface area contributed by atoms with Gasteiger partial charge in [0, 0.05) is 0 Å². The molecule has 0 radical (unpaired) electrons. The van der Waals surface area contributed by atoms with Crippen LogP contribution in [0.2, 0.25) is 0 Å². The topological polar surface area (TPSA) is 52.6 Å². The summed E-state index contributed by atoms with van der Waals surface area (Å²) in [6, 6.07) is 0. The van der Waals surface area contributed by atoms with Crippen LogP contribution in [0.15, 0.2) is 11.1 Å². The maximum absolute atomic E-state index is 11.6. The van der Waals surface area contributed by atoms with Crippen molar-refractivity contribution in [3.05, 3.63) is 11.1 Å². The summed E-state index contributed by atoms with van der Waals surface area (Å²) in [5.74, 6) is -0.814. The van der Waals surface area contributed by atoms with E-state index in [1.807, 2.05) is 0 Å². The number of hydrogen-bond acceptors (Lipinski definition) is 4. The molecule has 4 heteroatoms. The van der Waals surface area contributed by atoms with Crippen LogP contribution in [0.3, 0.4) is 0 Å². The Labute approximate surface area is 88.2 Å². The van der Waals surface area contributed by atoms with Crippen LogP contribution in [-0.2, 0) is 19.1 Å². The van der Waals surface area contributed by atoms with E-state index in [1.165, 1.54) is 14.2 Å². The zero-order valence-electron chi connectivity index (χ0n) is 8.91. The molecule has 2 unspecified atom stereocenters. The van der Waals surface area contributed by atoms with Crippen molar-refractivity contribution in [1.29, 1.82) is 0 Å². The highest BCUT2D eigenvalue weighted by molar-refractivity contribution is 5.97. The Kier molecular flexibility index (Phi) is 2.50. The third-order valence-corrected chi connectivity index (χ3v) is 3.35. The maximum Gasteiger partial charge on any atom is 0.334 e. The lowest BCUT2D eigenvalue weighted by Crippen LogP contribution is -2.28. The first kappa shape index (κ1) is 10.2. The van der Waals surface area contributed by atoms with Crippen molar-refractivity contribution in [1.82, 2.24) is 0 Å². The van der Waals surface area contributed by atoms with Gasteiger partial charge in [0.1, 0.15) is 0 Å². The summed E-state index contributed by atoms with van der Waals surface area (Å²) in [5.41, 5.74) is 1.64. The lowest BCUT2D eigenvalue weighted by molar-refractivity contribution is -0.148. The Morgan fingerprint density at radius 3 is 2.60 bits per heavy atom. The van der Waals surface area contributed by atoms with E-state index < -0.39 is 0 Å². The van der Waals surface area contributed by atoms with E-state index in [-0.39, 0.29) is 23.8 Å². The van der Waals surface area contributed by atoms with Crippen molar-refractivity contribution >= 4 is 11.9 Å². The first-order valence-electron chi connectivity index (χ1n) is 5.07. The highest BCUT2D eigenvalue weighted by atomic mass is 16.5. The molecule has 2 atom stereocenters. The first-order chi connectivity index (χ1) is 7.19. The van der Waals surface area contributed by atoms with Crippen molar-refractivity contribution in [3.8, 4) is 0 Å². The minimum atomic E-state index is -0.383. The van der Waals surface area contributed by atoms with Crippen LogP contribution in [0.4, 0.5) is 0 Å². The lowest BCUT2D eigenvalue weighted by atomic mass is 9.86. The zero-order valence-corrected chi connectivity index (χ0v) is 8.91. The second-order valence-electron chi connectivity index (χ2n) is 4.01. The molecule has 0 spiro atoms. The number of ether oxygens (including phenoxy) is 2. The molecule has 0 saturated heterocycles. The maximum atomic E-state index is 11.6. The van der Waals surface area contributed by atoms with Gasteiger partial charge in [-0.2, -0.15) is 0 Å². The predicted octanol–water partition coefficient (Wildman–Crippen LogP) is 1.06. The van der Waals surface area contributed by atoms with Gasteiger partial charge >= 0.3 is 11.9 Å². The number of carbonyl (C=O) groups excluding carboxylic acids is 2. The van der Waals surface area contributed by atoms with Crippen molar-refractivity contribution in [2.24, 2.45) is 11.8 Å². The standard InChI is InChI=1S/C11H14O4/c1-14-10(12)8-6-3-4-7(5-6)9(8)11(13)15-2/h6,8H,3-5H2,1-2H3. The van der Waals surface area contributed by atoms with E-state index in [1.54, 1.807) is 0 Å². The molecule has 2 rings (SSSR count). The van der Waals surface area contributed by atoms with Gasteiger partial charge in [-0.15, -0.1) is 0 Å². The summed E-state index contributed by atoms with van der Waals surface area (Å²) in [7, 11) is 2.70. The quantitative estimate of drug-likeness (QED) is 0.639. The fraction of sp³-hybridized carbons (Fsp3) is 0.636. The normalized spacial score (nSPS) is 28.1. The number of esters is 2. The second kappa shape index (κ2) is 3.68. The van der Waals surface area contributed by atoms with Crippen molar-refractivity contribution in [2.75, 3.05) is 14.2 Å². The third kappa shape index (κ3) is 1.44. The fourth-order valence-corrected chi connectivity index (χ4v) is 2.68. The molecule has 0 aromatic carbocycles. The summed E-state index contributed by atoms with van der Waals surface area (Å²) in [4.78, 5) is 23.1. The lowest BCUT2D eigenvalue weighted by Gasteiger charge is -2.20. The summed E-state index contributed by atoms with van der Waals surface area (Å²) >= 11 is 0. The van der Waals surface area contributed by atoms with Crippen molar-refractivity contribution in [2.45, 2.75) is 19.3 Å². The molecule has 0 N–H and O–H groups in total. The molecule has 15 heavy (non-hydrogen) atoms. The van der Waals surface area contributed by atoms with Crippen LogP contribution in [0, 0.1) is 11.8 Å². The number of allylic oxidation sites excluding steroid dienone is 1. The smallest absolute Gasteiger partial charge is 0.334 e. The van der Waals surface area contributed by atoms with Crippen LogP contribution < -0.4 is 0 Å². The van der Waals surface area contributed by atoms with Crippen molar-refractivity contribution < 1.29 is 19.1 Å². The third-order valence-electron chi connectivity index (χ3n) is 3.35. The average Bonchev–Trinajstić information content (AvgIpc) is 2.86. The Morgan fingerprint density at radius 2 is 2.00 bits per heavy atom. The van der Waals surface area contributed by atoms with E-state index in [0.29, 0.717) is 5.57 Å². The number of hydrogen-bond donors (Lipinski definition) is 0. The summed E-state index contributed by atoms with van der Waals surface area (Å²) in [6.07, 6.45) is 2.75. The van der Waals surface area contributed by atoms with Gasteiger partial charge in [-0.25, -0.2) is 4.79 Å². The van der Waals surface area contributed by atoms with Crippen LogP contribution >= 0.6 is 0 Å². The molecule has 2 bridgehead atoms. The van der Waals surface area contributed by atoms with Crippen molar-refractivity contribution in [3.63, 3.8) is 0 Å². The number of methoxy groups -OCH3 is 2. The monoisotopic (exact) mass is 210 g/mol. The molecule has 2 aliphatic rings. The van der Waals surface area contributed by atoms with Gasteiger partial charge in [0.2, 0.25) is 0 Å². The predicted molar refractivity (Wildman–Crippen MR) is 51.9 cm³/mol. The minimum absolute atomic E-state index is 0.251. The Hall–Kier alpha value is -1.32. The van der Waals surface area contributed by atoms with Gasteiger partial charge in [-0.05, 0) is 25.2 Å². The van der Waals surface area contributed by atoms with Gasteiger partial charge in [-0.1, -0.05) is 5.57 Å². The van der Waals surface area contributed by atoms with Gasteiger partial charge in [-0.3, -0.25) is 4.79 Å². The van der Waals surface area contributed by atoms with Crippen LogP contribution in [0.1, 0.15) is 19.3 Å². The Bertz CT molecular complexity index is 342. The molecule has 0 aliphatic heterocycles. The molecule has 4 nitrogen and oxygen atoms in total. The largest absolute Gasteiger partial charge is 0.469 e. The van der Waals surface area contributed by atoms with E-state index in [9.17, 15) is 9.59 Å². The Morgan fingerprint density at radius 1 is 1.27 bits per heavy atom. The highest BCUT2D eigenvalue weighted by Crippen LogP contribution is 2.48. The molecule has 0 aromatic heterocycles. The molecule has 2 aliphatic carbocycles. The zero-order chi connectivity index (χ0) is 11.0. The summed E-state index contributed by atoms with van der Waals surface area (Å²) in [6.45, 7) is 0. The fourth-order valence-electron chi connectivity index (χ4n) is 2.68. The van der Waals surface area contributed by atoms with E-state index in [0.717, 1.165) is 24.8 Å². The number of carbonyl (C=O) groups is 2. The van der Waals surface area contributed by atoms with Crippen LogP contribution in [0.5, 0.6) is 0 Å². The van der Waals surface area contributed by atoms with Gasteiger partial charge in [0.05, 0.1) is 25.7 Å². The van der Waals surface area contributed by atoms with Gasteiger partial charge < -0.3 is 9.47 Å². The number of rotatable bonds is 2. The van der Waals surface area contributed by atoms with Gasteiger partial charge in [0.25, 0.3) is 0 Å². The molecule has 1 saturated carbocycles. The van der Waals surface area contributed by atoms with Crippen LogP contribution in [-0.4, -0.2) is 26.2 Å². The molecule has 82 valence electrons. The summed E-state index contributed by atoms with van der Waals surface area (Å²) in [5, 5.41) is 0. The summed E-state index contributed by atoms with van der Waals surface area (Å²) < 4.78 is 9.44. The van der Waals surface area contributed by atoms with E-state index in [4.69, 9.17) is 9.47 Å². The Balaban J connectivity index is 2.32. The molecular weight excluding hydrogens is 196 g/mol. The molecular formula is C11H14O4. The van der Waals surface area contributed by atoms with E-state index >= 15 is 0 Å². The molecule has 1 fully saturated rings. The minimum Gasteiger partial charge on any atom is -0.469 e. The highest BCUT2D eigenvalue weighted by Gasteiger charge is 2.47.